The Morgan fingerprint density at radius 2 is 1.95 bits per heavy atom. The van der Waals surface area contributed by atoms with Crippen LogP contribution < -0.4 is 5.32 Å². The summed E-state index contributed by atoms with van der Waals surface area (Å²) in [5.41, 5.74) is 1.24. The average molecular weight is 300 g/mol. The van der Waals surface area contributed by atoms with Crippen molar-refractivity contribution in [2.45, 2.75) is 51.3 Å². The Hall–Kier alpha value is -0.180. The third kappa shape index (κ3) is 7.24. The molecular weight excluding hydrogens is 274 g/mol. The second-order valence-electron chi connectivity index (χ2n) is 5.87. The molecule has 1 nitrogen and oxygen atoms in total. The van der Waals surface area contributed by atoms with Crippen LogP contribution in [0.1, 0.15) is 39.7 Å². The third-order valence-electron chi connectivity index (χ3n) is 2.82. The molecule has 0 radical (unpaired) electrons. The van der Waals surface area contributed by atoms with E-state index in [-0.39, 0.29) is 0 Å². The molecule has 0 bridgehead atoms. The van der Waals surface area contributed by atoms with Crippen molar-refractivity contribution in [1.82, 2.24) is 5.32 Å². The SMILES string of the molecule is CCCNC(CSC(C)(C)C)Cc1ccccc1Cl. The van der Waals surface area contributed by atoms with Gasteiger partial charge in [0.1, 0.15) is 0 Å². The van der Waals surface area contributed by atoms with E-state index >= 15 is 0 Å². The van der Waals surface area contributed by atoms with Gasteiger partial charge >= 0.3 is 0 Å². The van der Waals surface area contributed by atoms with Gasteiger partial charge in [0.15, 0.2) is 0 Å². The summed E-state index contributed by atoms with van der Waals surface area (Å²) in [6.45, 7) is 10.1. The van der Waals surface area contributed by atoms with Gasteiger partial charge in [0, 0.05) is 21.6 Å². The molecule has 1 aromatic rings. The minimum Gasteiger partial charge on any atom is -0.313 e. The second kappa shape index (κ2) is 8.18. The molecule has 1 aromatic carbocycles. The van der Waals surface area contributed by atoms with Crippen LogP contribution in [0.2, 0.25) is 5.02 Å². The van der Waals surface area contributed by atoms with Crippen molar-refractivity contribution < 1.29 is 0 Å². The second-order valence-corrected chi connectivity index (χ2v) is 8.12. The van der Waals surface area contributed by atoms with Gasteiger partial charge < -0.3 is 5.32 Å². The van der Waals surface area contributed by atoms with Crippen LogP contribution in [-0.2, 0) is 6.42 Å². The predicted octanol–water partition coefficient (Wildman–Crippen LogP) is 4.78. The number of rotatable bonds is 7. The molecule has 19 heavy (non-hydrogen) atoms. The Balaban J connectivity index is 2.61. The zero-order chi connectivity index (χ0) is 14.3. The van der Waals surface area contributed by atoms with Crippen LogP contribution in [0.15, 0.2) is 24.3 Å². The molecule has 0 aliphatic rings. The minimum absolute atomic E-state index is 0.312. The highest BCUT2D eigenvalue weighted by atomic mass is 35.5. The van der Waals surface area contributed by atoms with Gasteiger partial charge in [0.05, 0.1) is 0 Å². The van der Waals surface area contributed by atoms with E-state index in [0.717, 1.165) is 23.7 Å². The molecule has 0 saturated heterocycles. The van der Waals surface area contributed by atoms with Gasteiger partial charge in [-0.1, -0.05) is 57.5 Å². The molecule has 0 heterocycles. The maximum absolute atomic E-state index is 6.26. The van der Waals surface area contributed by atoms with Gasteiger partial charge in [-0.05, 0) is 31.0 Å². The van der Waals surface area contributed by atoms with Crippen LogP contribution >= 0.6 is 23.4 Å². The summed E-state index contributed by atoms with van der Waals surface area (Å²) in [4.78, 5) is 0. The number of nitrogens with one attached hydrogen (secondary N) is 1. The number of hydrogen-bond donors (Lipinski definition) is 1. The van der Waals surface area contributed by atoms with Gasteiger partial charge in [-0.15, -0.1) is 0 Å². The summed E-state index contributed by atoms with van der Waals surface area (Å²) in [6, 6.07) is 8.65. The normalized spacial score (nSPS) is 13.5. The molecule has 0 saturated carbocycles. The molecule has 0 aliphatic carbocycles. The van der Waals surface area contributed by atoms with Crippen molar-refractivity contribution in [2.24, 2.45) is 0 Å². The lowest BCUT2D eigenvalue weighted by Gasteiger charge is -2.24. The van der Waals surface area contributed by atoms with E-state index in [0.29, 0.717) is 10.8 Å². The Bertz CT molecular complexity index is 373. The Kier molecular flexibility index (Phi) is 7.27. The van der Waals surface area contributed by atoms with Crippen molar-refractivity contribution >= 4 is 23.4 Å². The zero-order valence-corrected chi connectivity index (χ0v) is 14.1. The van der Waals surface area contributed by atoms with E-state index in [9.17, 15) is 0 Å². The van der Waals surface area contributed by atoms with Gasteiger partial charge in [-0.2, -0.15) is 11.8 Å². The van der Waals surface area contributed by atoms with Gasteiger partial charge in [0.25, 0.3) is 0 Å². The lowest BCUT2D eigenvalue weighted by Crippen LogP contribution is -2.35. The molecular formula is C16H26ClNS. The standard InChI is InChI=1S/C16H26ClNS/c1-5-10-18-14(12-19-16(2,3)4)11-13-8-6-7-9-15(13)17/h6-9,14,18H,5,10-12H2,1-4H3. The molecule has 1 atom stereocenters. The Labute approximate surface area is 127 Å². The summed E-state index contributed by atoms with van der Waals surface area (Å²) in [7, 11) is 0. The van der Waals surface area contributed by atoms with Crippen LogP contribution in [-0.4, -0.2) is 23.1 Å². The lowest BCUT2D eigenvalue weighted by molar-refractivity contribution is 0.548. The van der Waals surface area contributed by atoms with E-state index in [1.807, 2.05) is 23.9 Å². The maximum Gasteiger partial charge on any atom is 0.0438 e. The van der Waals surface area contributed by atoms with Crippen molar-refractivity contribution in [2.75, 3.05) is 12.3 Å². The first-order valence-electron chi connectivity index (χ1n) is 7.03. The monoisotopic (exact) mass is 299 g/mol. The van der Waals surface area contributed by atoms with Gasteiger partial charge in [-0.3, -0.25) is 0 Å². The quantitative estimate of drug-likeness (QED) is 0.777. The van der Waals surface area contributed by atoms with Crippen LogP contribution in [0.25, 0.3) is 0 Å². The van der Waals surface area contributed by atoms with E-state index < -0.39 is 0 Å². The molecule has 1 N–H and O–H groups in total. The molecule has 0 amide bonds. The number of halogens is 1. The van der Waals surface area contributed by atoms with Crippen molar-refractivity contribution in [3.05, 3.63) is 34.9 Å². The number of hydrogen-bond acceptors (Lipinski definition) is 2. The van der Waals surface area contributed by atoms with Crippen molar-refractivity contribution in [3.63, 3.8) is 0 Å². The molecule has 0 spiro atoms. The van der Waals surface area contributed by atoms with Crippen LogP contribution in [0.4, 0.5) is 0 Å². The van der Waals surface area contributed by atoms with Gasteiger partial charge in [0.2, 0.25) is 0 Å². The molecule has 0 fully saturated rings. The van der Waals surface area contributed by atoms with Crippen LogP contribution in [0, 0.1) is 0 Å². The summed E-state index contributed by atoms with van der Waals surface area (Å²) < 4.78 is 0.312. The smallest absolute Gasteiger partial charge is 0.0438 e. The van der Waals surface area contributed by atoms with E-state index in [1.165, 1.54) is 12.0 Å². The van der Waals surface area contributed by atoms with Crippen molar-refractivity contribution in [1.29, 1.82) is 0 Å². The predicted molar refractivity (Wildman–Crippen MR) is 89.4 cm³/mol. The summed E-state index contributed by atoms with van der Waals surface area (Å²) in [5.74, 6) is 1.12. The highest BCUT2D eigenvalue weighted by molar-refractivity contribution is 8.00. The highest BCUT2D eigenvalue weighted by Crippen LogP contribution is 2.25. The molecule has 1 rings (SSSR count). The van der Waals surface area contributed by atoms with Crippen LogP contribution in [0.3, 0.4) is 0 Å². The van der Waals surface area contributed by atoms with E-state index in [1.54, 1.807) is 0 Å². The van der Waals surface area contributed by atoms with Gasteiger partial charge in [-0.25, -0.2) is 0 Å². The number of thioether (sulfide) groups is 1. The zero-order valence-electron chi connectivity index (χ0n) is 12.5. The number of benzene rings is 1. The van der Waals surface area contributed by atoms with E-state index in [2.05, 4.69) is 45.1 Å². The summed E-state index contributed by atoms with van der Waals surface area (Å²) >= 11 is 8.27. The van der Waals surface area contributed by atoms with Crippen LogP contribution in [0.5, 0.6) is 0 Å². The van der Waals surface area contributed by atoms with E-state index in [4.69, 9.17) is 11.6 Å². The molecule has 0 aliphatic heterocycles. The third-order valence-corrected chi connectivity index (χ3v) is 4.63. The maximum atomic E-state index is 6.26. The first-order chi connectivity index (χ1) is 8.92. The Morgan fingerprint density at radius 1 is 1.26 bits per heavy atom. The lowest BCUT2D eigenvalue weighted by atomic mass is 10.1. The fraction of sp³-hybridized carbons (Fsp3) is 0.625. The minimum atomic E-state index is 0.312. The molecule has 1 unspecified atom stereocenters. The molecule has 108 valence electrons. The fourth-order valence-corrected chi connectivity index (χ4v) is 2.97. The highest BCUT2D eigenvalue weighted by Gasteiger charge is 2.16. The molecule has 0 aromatic heterocycles. The summed E-state index contributed by atoms with van der Waals surface area (Å²) in [6.07, 6.45) is 2.17. The topological polar surface area (TPSA) is 12.0 Å². The average Bonchev–Trinajstić information content (AvgIpc) is 2.34. The largest absolute Gasteiger partial charge is 0.313 e. The first kappa shape index (κ1) is 16.9. The Morgan fingerprint density at radius 3 is 2.53 bits per heavy atom. The molecule has 3 heteroatoms. The summed E-state index contributed by atoms with van der Waals surface area (Å²) in [5, 5.41) is 4.52. The van der Waals surface area contributed by atoms with Crippen molar-refractivity contribution in [3.8, 4) is 0 Å². The fourth-order valence-electron chi connectivity index (χ4n) is 1.82. The first-order valence-corrected chi connectivity index (χ1v) is 8.39.